The van der Waals surface area contributed by atoms with Crippen molar-refractivity contribution < 1.29 is 22.7 Å². The fraction of sp³-hybridized carbons (Fsp3) is 0.368. The number of fused-ring (bicyclic) bond motifs is 1. The van der Waals surface area contributed by atoms with Crippen LogP contribution >= 0.6 is 22.9 Å². The molecule has 4 rings (SSSR count). The van der Waals surface area contributed by atoms with E-state index < -0.39 is 16.1 Å². The number of halogens is 1. The fourth-order valence-electron chi connectivity index (χ4n) is 3.40. The van der Waals surface area contributed by atoms with Crippen LogP contribution in [-0.2, 0) is 26.0 Å². The van der Waals surface area contributed by atoms with Gasteiger partial charge in [0.2, 0.25) is 15.9 Å². The summed E-state index contributed by atoms with van der Waals surface area (Å²) >= 11 is 7.76. The van der Waals surface area contributed by atoms with Gasteiger partial charge in [0.15, 0.2) is 6.10 Å². The van der Waals surface area contributed by atoms with Gasteiger partial charge in [-0.15, -0.1) is 11.3 Å². The number of ether oxygens (including phenoxy) is 1. The van der Waals surface area contributed by atoms with Gasteiger partial charge in [0, 0.05) is 37.1 Å². The van der Waals surface area contributed by atoms with Crippen molar-refractivity contribution in [2.45, 2.75) is 24.3 Å². The van der Waals surface area contributed by atoms with Crippen molar-refractivity contribution >= 4 is 50.5 Å². The number of thiophene rings is 1. The molecule has 0 spiro atoms. The third-order valence-electron chi connectivity index (χ3n) is 5.08. The molecule has 8 nitrogen and oxygen atoms in total. The zero-order chi connectivity index (χ0) is 21.5. The first-order chi connectivity index (χ1) is 14.3. The van der Waals surface area contributed by atoms with Crippen molar-refractivity contribution in [1.82, 2.24) is 9.21 Å². The molecule has 11 heteroatoms. The van der Waals surface area contributed by atoms with E-state index >= 15 is 0 Å². The van der Waals surface area contributed by atoms with Gasteiger partial charge in [-0.1, -0.05) is 17.7 Å². The molecule has 0 saturated carbocycles. The summed E-state index contributed by atoms with van der Waals surface area (Å²) in [7, 11) is -3.88. The number of hydrogen-bond acceptors (Lipinski definition) is 6. The van der Waals surface area contributed by atoms with Crippen LogP contribution < -0.4 is 10.1 Å². The third-order valence-corrected chi connectivity index (χ3v) is 8.32. The van der Waals surface area contributed by atoms with Crippen LogP contribution in [0.3, 0.4) is 0 Å². The number of hydrogen-bond donors (Lipinski definition) is 1. The maximum atomic E-state index is 13.2. The first-order valence-electron chi connectivity index (χ1n) is 9.37. The molecule has 1 aromatic heterocycles. The number of benzene rings is 1. The molecule has 0 radical (unpaired) electrons. The minimum absolute atomic E-state index is 0.00315. The van der Waals surface area contributed by atoms with Crippen molar-refractivity contribution in [1.29, 1.82) is 0 Å². The number of piperazine rings is 1. The molecule has 2 amide bonds. The van der Waals surface area contributed by atoms with Gasteiger partial charge in [-0.2, -0.15) is 4.31 Å². The lowest BCUT2D eigenvalue weighted by Gasteiger charge is -2.34. The molecule has 2 aliphatic heterocycles. The second kappa shape index (κ2) is 8.18. The molecule has 0 bridgehead atoms. The molecule has 30 heavy (non-hydrogen) atoms. The van der Waals surface area contributed by atoms with E-state index in [1.807, 2.05) is 17.5 Å². The molecule has 1 N–H and O–H groups in total. The number of rotatable bonds is 4. The average molecular weight is 470 g/mol. The Morgan fingerprint density at radius 3 is 2.70 bits per heavy atom. The fourth-order valence-corrected chi connectivity index (χ4v) is 6.03. The summed E-state index contributed by atoms with van der Waals surface area (Å²) in [6.07, 6.45) is -0.408. The molecule has 0 aliphatic carbocycles. The minimum atomic E-state index is -3.88. The Kier molecular flexibility index (Phi) is 5.75. The maximum absolute atomic E-state index is 13.2. The number of carbonyl (C=O) groups excluding carboxylic acids is 2. The van der Waals surface area contributed by atoms with Crippen molar-refractivity contribution in [3.63, 3.8) is 0 Å². The summed E-state index contributed by atoms with van der Waals surface area (Å²) in [6, 6.07) is 6.54. The first kappa shape index (κ1) is 21.1. The highest BCUT2D eigenvalue weighted by atomic mass is 35.5. The highest BCUT2D eigenvalue weighted by Crippen LogP contribution is 2.38. The Hall–Kier alpha value is -2.14. The van der Waals surface area contributed by atoms with Gasteiger partial charge in [-0.05, 0) is 24.4 Å². The SMILES string of the molecule is C[C@H]1Oc2cc(S(=O)(=O)N3CCN(C(=O)Cc4cccs4)CC3)c(Cl)cc2NC1=O. The summed E-state index contributed by atoms with van der Waals surface area (Å²) in [5.74, 6) is -0.0770. The molecule has 3 heterocycles. The van der Waals surface area contributed by atoms with E-state index in [0.717, 1.165) is 4.88 Å². The standard InChI is InChI=1S/C19H20ClN3O5S2/c1-12-19(25)21-15-10-14(20)17(11-16(15)28-12)30(26,27)23-6-4-22(5-7-23)18(24)9-13-3-2-8-29-13/h2-3,8,10-12H,4-7,9H2,1H3,(H,21,25)/t12-/m1/s1. The average Bonchev–Trinajstić information content (AvgIpc) is 3.22. The number of carbonyl (C=O) groups is 2. The summed E-state index contributed by atoms with van der Waals surface area (Å²) in [5.41, 5.74) is 0.339. The van der Waals surface area contributed by atoms with Crippen molar-refractivity contribution in [3.8, 4) is 5.75 Å². The maximum Gasteiger partial charge on any atom is 0.265 e. The molecular formula is C19H20ClN3O5S2. The van der Waals surface area contributed by atoms with Crippen LogP contribution in [0.4, 0.5) is 5.69 Å². The van der Waals surface area contributed by atoms with Gasteiger partial charge < -0.3 is 15.0 Å². The van der Waals surface area contributed by atoms with E-state index in [0.29, 0.717) is 25.2 Å². The number of anilines is 1. The highest BCUT2D eigenvalue weighted by Gasteiger charge is 2.34. The van der Waals surface area contributed by atoms with Crippen LogP contribution in [0.15, 0.2) is 34.5 Å². The number of nitrogens with one attached hydrogen (secondary N) is 1. The van der Waals surface area contributed by atoms with E-state index in [-0.39, 0.29) is 40.6 Å². The van der Waals surface area contributed by atoms with Crippen LogP contribution in [0, 0.1) is 0 Å². The Balaban J connectivity index is 1.48. The van der Waals surface area contributed by atoms with Gasteiger partial charge >= 0.3 is 0 Å². The van der Waals surface area contributed by atoms with Gasteiger partial charge in [0.25, 0.3) is 5.91 Å². The smallest absolute Gasteiger partial charge is 0.265 e. The van der Waals surface area contributed by atoms with E-state index in [9.17, 15) is 18.0 Å². The summed E-state index contributed by atoms with van der Waals surface area (Å²) in [6.45, 7) is 2.57. The summed E-state index contributed by atoms with van der Waals surface area (Å²) in [5, 5.41) is 4.57. The summed E-state index contributed by atoms with van der Waals surface area (Å²) < 4.78 is 33.2. The number of amides is 2. The van der Waals surface area contributed by atoms with Crippen LogP contribution in [0.2, 0.25) is 5.02 Å². The van der Waals surface area contributed by atoms with E-state index in [2.05, 4.69) is 5.32 Å². The lowest BCUT2D eigenvalue weighted by atomic mass is 10.2. The van der Waals surface area contributed by atoms with Crippen LogP contribution in [0.25, 0.3) is 0 Å². The largest absolute Gasteiger partial charge is 0.479 e. The molecule has 0 unspecified atom stereocenters. The molecule has 1 fully saturated rings. The third kappa shape index (κ3) is 4.04. The van der Waals surface area contributed by atoms with E-state index in [1.54, 1.807) is 11.8 Å². The summed E-state index contributed by atoms with van der Waals surface area (Å²) in [4.78, 5) is 26.8. The topological polar surface area (TPSA) is 96.0 Å². The number of nitrogens with zero attached hydrogens (tertiary/aromatic N) is 2. The quantitative estimate of drug-likeness (QED) is 0.740. The van der Waals surface area contributed by atoms with Crippen molar-refractivity contribution in [2.75, 3.05) is 31.5 Å². The van der Waals surface area contributed by atoms with Gasteiger partial charge in [-0.25, -0.2) is 8.42 Å². The molecule has 2 aromatic rings. The Bertz CT molecular complexity index is 1080. The number of sulfonamides is 1. The lowest BCUT2D eigenvalue weighted by Crippen LogP contribution is -2.50. The predicted octanol–water partition coefficient (Wildman–Crippen LogP) is 2.20. The molecule has 2 aliphatic rings. The molecule has 1 atom stereocenters. The molecule has 1 saturated heterocycles. The molecule has 160 valence electrons. The molecular weight excluding hydrogens is 450 g/mol. The lowest BCUT2D eigenvalue weighted by molar-refractivity contribution is -0.131. The molecule has 1 aromatic carbocycles. The minimum Gasteiger partial charge on any atom is -0.479 e. The van der Waals surface area contributed by atoms with E-state index in [1.165, 1.54) is 27.8 Å². The van der Waals surface area contributed by atoms with E-state index in [4.69, 9.17) is 16.3 Å². The highest BCUT2D eigenvalue weighted by molar-refractivity contribution is 7.89. The normalized spacial score (nSPS) is 19.7. The van der Waals surface area contributed by atoms with Crippen molar-refractivity contribution in [3.05, 3.63) is 39.5 Å². The Morgan fingerprint density at radius 2 is 2.03 bits per heavy atom. The zero-order valence-corrected chi connectivity index (χ0v) is 18.5. The van der Waals surface area contributed by atoms with Crippen LogP contribution in [0.5, 0.6) is 5.75 Å². The van der Waals surface area contributed by atoms with Crippen molar-refractivity contribution in [2.24, 2.45) is 0 Å². The van der Waals surface area contributed by atoms with Gasteiger partial charge in [0.1, 0.15) is 10.6 Å². The first-order valence-corrected chi connectivity index (χ1v) is 12.1. The monoisotopic (exact) mass is 469 g/mol. The zero-order valence-electron chi connectivity index (χ0n) is 16.1. The Labute approximate surface area is 183 Å². The second-order valence-corrected chi connectivity index (χ2v) is 10.4. The predicted molar refractivity (Wildman–Crippen MR) is 114 cm³/mol. The van der Waals surface area contributed by atoms with Gasteiger partial charge in [-0.3, -0.25) is 9.59 Å². The Morgan fingerprint density at radius 1 is 1.30 bits per heavy atom. The second-order valence-electron chi connectivity index (χ2n) is 7.07. The van der Waals surface area contributed by atoms with Gasteiger partial charge in [0.05, 0.1) is 17.1 Å². The van der Waals surface area contributed by atoms with Crippen LogP contribution in [-0.4, -0.2) is 61.7 Å². The van der Waals surface area contributed by atoms with Crippen LogP contribution in [0.1, 0.15) is 11.8 Å².